The Kier molecular flexibility index (Phi) is 4.51. The fourth-order valence-corrected chi connectivity index (χ4v) is 2.02. The van der Waals surface area contributed by atoms with E-state index in [1.54, 1.807) is 36.4 Å². The standard InChI is InChI=1S/C15H12Cl2N2O/c1-9(19)12-6-10(8-18)2-5-15(12)20-11-3-4-13(16)14(17)7-11/h2-7,9H,19H2,1H3. The third kappa shape index (κ3) is 3.23. The molecule has 1 unspecified atom stereocenters. The van der Waals surface area contributed by atoms with Crippen molar-refractivity contribution in [2.24, 2.45) is 5.73 Å². The summed E-state index contributed by atoms with van der Waals surface area (Å²) < 4.78 is 5.77. The lowest BCUT2D eigenvalue weighted by molar-refractivity contribution is 0.472. The molecular formula is C15H12Cl2N2O. The molecule has 0 aromatic heterocycles. The Hall–Kier alpha value is -1.73. The molecule has 0 saturated heterocycles. The minimum atomic E-state index is -0.249. The van der Waals surface area contributed by atoms with Crippen molar-refractivity contribution in [2.45, 2.75) is 13.0 Å². The van der Waals surface area contributed by atoms with Crippen LogP contribution in [0.25, 0.3) is 0 Å². The number of nitriles is 1. The molecule has 2 rings (SSSR count). The van der Waals surface area contributed by atoms with Crippen LogP contribution in [0.5, 0.6) is 11.5 Å². The molecule has 0 amide bonds. The van der Waals surface area contributed by atoms with Crippen LogP contribution in [0.4, 0.5) is 0 Å². The maximum absolute atomic E-state index is 8.93. The average Bonchev–Trinajstić information content (AvgIpc) is 2.43. The summed E-state index contributed by atoms with van der Waals surface area (Å²) in [6.45, 7) is 1.83. The van der Waals surface area contributed by atoms with Gasteiger partial charge >= 0.3 is 0 Å². The second-order valence-electron chi connectivity index (χ2n) is 4.33. The van der Waals surface area contributed by atoms with Crippen molar-refractivity contribution in [1.82, 2.24) is 0 Å². The summed E-state index contributed by atoms with van der Waals surface area (Å²) in [7, 11) is 0. The highest BCUT2D eigenvalue weighted by molar-refractivity contribution is 6.42. The maximum atomic E-state index is 8.93. The highest BCUT2D eigenvalue weighted by Gasteiger charge is 2.11. The van der Waals surface area contributed by atoms with E-state index in [1.165, 1.54) is 0 Å². The van der Waals surface area contributed by atoms with Crippen molar-refractivity contribution in [1.29, 1.82) is 5.26 Å². The lowest BCUT2D eigenvalue weighted by Crippen LogP contribution is -2.07. The molecule has 3 nitrogen and oxygen atoms in total. The molecule has 0 fully saturated rings. The number of nitrogens with two attached hydrogens (primary N) is 1. The molecule has 1 atom stereocenters. The van der Waals surface area contributed by atoms with Crippen molar-refractivity contribution in [2.75, 3.05) is 0 Å². The predicted octanol–water partition coefficient (Wildman–Crippen LogP) is 4.68. The highest BCUT2D eigenvalue weighted by Crippen LogP contribution is 2.33. The number of nitrogens with zero attached hydrogens (tertiary/aromatic N) is 1. The van der Waals surface area contributed by atoms with Gasteiger partial charge in [0.05, 0.1) is 21.7 Å². The van der Waals surface area contributed by atoms with E-state index in [9.17, 15) is 0 Å². The molecular weight excluding hydrogens is 295 g/mol. The smallest absolute Gasteiger partial charge is 0.132 e. The van der Waals surface area contributed by atoms with Crippen LogP contribution < -0.4 is 10.5 Å². The van der Waals surface area contributed by atoms with Crippen LogP contribution in [0.1, 0.15) is 24.1 Å². The van der Waals surface area contributed by atoms with E-state index in [0.29, 0.717) is 27.1 Å². The Morgan fingerprint density at radius 1 is 1.15 bits per heavy atom. The third-order valence-corrected chi connectivity index (χ3v) is 3.49. The van der Waals surface area contributed by atoms with Crippen LogP contribution in [0, 0.1) is 11.3 Å². The topological polar surface area (TPSA) is 59.0 Å². The highest BCUT2D eigenvalue weighted by atomic mass is 35.5. The van der Waals surface area contributed by atoms with Crippen LogP contribution in [-0.2, 0) is 0 Å². The molecule has 0 aliphatic carbocycles. The Labute approximate surface area is 127 Å². The second-order valence-corrected chi connectivity index (χ2v) is 5.15. The van der Waals surface area contributed by atoms with Gasteiger partial charge in [-0.25, -0.2) is 0 Å². The van der Waals surface area contributed by atoms with E-state index in [-0.39, 0.29) is 6.04 Å². The Balaban J connectivity index is 2.37. The molecule has 20 heavy (non-hydrogen) atoms. The van der Waals surface area contributed by atoms with Crippen molar-refractivity contribution >= 4 is 23.2 Å². The Morgan fingerprint density at radius 3 is 2.50 bits per heavy atom. The number of ether oxygens (including phenoxy) is 1. The van der Waals surface area contributed by atoms with Crippen molar-refractivity contribution in [3.05, 3.63) is 57.6 Å². The van der Waals surface area contributed by atoms with Crippen LogP contribution in [-0.4, -0.2) is 0 Å². The van der Waals surface area contributed by atoms with Gasteiger partial charge in [-0.15, -0.1) is 0 Å². The number of hydrogen-bond acceptors (Lipinski definition) is 3. The van der Waals surface area contributed by atoms with E-state index < -0.39 is 0 Å². The first-order valence-corrected chi connectivity index (χ1v) is 6.69. The van der Waals surface area contributed by atoms with Gasteiger partial charge in [0.25, 0.3) is 0 Å². The number of rotatable bonds is 3. The fourth-order valence-electron chi connectivity index (χ4n) is 1.73. The minimum absolute atomic E-state index is 0.249. The zero-order chi connectivity index (χ0) is 14.7. The van der Waals surface area contributed by atoms with E-state index in [4.69, 9.17) is 38.9 Å². The van der Waals surface area contributed by atoms with Gasteiger partial charge in [0.1, 0.15) is 11.5 Å². The number of halogens is 2. The molecule has 2 aromatic carbocycles. The Morgan fingerprint density at radius 2 is 1.90 bits per heavy atom. The molecule has 0 radical (unpaired) electrons. The summed E-state index contributed by atoms with van der Waals surface area (Å²) in [5, 5.41) is 9.81. The van der Waals surface area contributed by atoms with Gasteiger partial charge in [0.2, 0.25) is 0 Å². The SMILES string of the molecule is CC(N)c1cc(C#N)ccc1Oc1ccc(Cl)c(Cl)c1. The molecule has 0 saturated carbocycles. The van der Waals surface area contributed by atoms with Gasteiger partial charge in [0.15, 0.2) is 0 Å². The number of benzene rings is 2. The first-order chi connectivity index (χ1) is 9.51. The van der Waals surface area contributed by atoms with Gasteiger partial charge < -0.3 is 10.5 Å². The molecule has 0 aliphatic heterocycles. The summed E-state index contributed by atoms with van der Waals surface area (Å²) in [5.41, 5.74) is 7.21. The molecule has 102 valence electrons. The zero-order valence-corrected chi connectivity index (χ0v) is 12.2. The quantitative estimate of drug-likeness (QED) is 0.896. The van der Waals surface area contributed by atoms with Gasteiger partial charge in [-0.3, -0.25) is 0 Å². The van der Waals surface area contributed by atoms with Crippen molar-refractivity contribution < 1.29 is 4.74 Å². The summed E-state index contributed by atoms with van der Waals surface area (Å²) >= 11 is 11.8. The molecule has 0 bridgehead atoms. The molecule has 0 spiro atoms. The predicted molar refractivity (Wildman–Crippen MR) is 80.3 cm³/mol. The summed E-state index contributed by atoms with van der Waals surface area (Å²) in [6, 6.07) is 12.0. The number of hydrogen-bond donors (Lipinski definition) is 1. The first-order valence-electron chi connectivity index (χ1n) is 5.94. The van der Waals surface area contributed by atoms with Crippen LogP contribution in [0.3, 0.4) is 0 Å². The summed E-state index contributed by atoms with van der Waals surface area (Å²) in [5.74, 6) is 1.16. The van der Waals surface area contributed by atoms with E-state index >= 15 is 0 Å². The van der Waals surface area contributed by atoms with Gasteiger partial charge in [-0.05, 0) is 37.3 Å². The van der Waals surface area contributed by atoms with Crippen molar-refractivity contribution in [3.8, 4) is 17.6 Å². The molecule has 0 aliphatic rings. The van der Waals surface area contributed by atoms with E-state index in [2.05, 4.69) is 6.07 Å². The van der Waals surface area contributed by atoms with E-state index in [0.717, 1.165) is 5.56 Å². The summed E-state index contributed by atoms with van der Waals surface area (Å²) in [4.78, 5) is 0. The maximum Gasteiger partial charge on any atom is 0.132 e. The second kappa shape index (κ2) is 6.15. The minimum Gasteiger partial charge on any atom is -0.457 e. The fraction of sp³-hybridized carbons (Fsp3) is 0.133. The molecule has 5 heteroatoms. The average molecular weight is 307 g/mol. The van der Waals surface area contributed by atoms with Crippen LogP contribution in [0.15, 0.2) is 36.4 Å². The van der Waals surface area contributed by atoms with Crippen LogP contribution in [0.2, 0.25) is 10.0 Å². The molecule has 0 heterocycles. The molecule has 2 N–H and O–H groups in total. The normalized spacial score (nSPS) is 11.8. The molecule has 2 aromatic rings. The van der Waals surface area contributed by atoms with E-state index in [1.807, 2.05) is 6.92 Å². The van der Waals surface area contributed by atoms with Gasteiger partial charge in [-0.1, -0.05) is 23.2 Å². The van der Waals surface area contributed by atoms with Crippen LogP contribution >= 0.6 is 23.2 Å². The lowest BCUT2D eigenvalue weighted by atomic mass is 10.0. The van der Waals surface area contributed by atoms with Crippen molar-refractivity contribution in [3.63, 3.8) is 0 Å². The lowest BCUT2D eigenvalue weighted by Gasteiger charge is -2.14. The Bertz CT molecular complexity index is 678. The third-order valence-electron chi connectivity index (χ3n) is 2.75. The monoisotopic (exact) mass is 306 g/mol. The van der Waals surface area contributed by atoms with Gasteiger partial charge in [-0.2, -0.15) is 5.26 Å². The van der Waals surface area contributed by atoms with Gasteiger partial charge in [0, 0.05) is 17.7 Å². The largest absolute Gasteiger partial charge is 0.457 e. The zero-order valence-electron chi connectivity index (χ0n) is 10.7. The first kappa shape index (κ1) is 14.7. The summed E-state index contributed by atoms with van der Waals surface area (Å²) in [6.07, 6.45) is 0.